The zero-order valence-corrected chi connectivity index (χ0v) is 18.6. The van der Waals surface area contributed by atoms with E-state index < -0.39 is 11.7 Å². The van der Waals surface area contributed by atoms with Crippen LogP contribution in [0.25, 0.3) is 10.8 Å². The molecule has 4 rings (SSSR count). The third kappa shape index (κ3) is 5.24. The molecular weight excluding hydrogens is 457 g/mol. The second-order valence-electron chi connectivity index (χ2n) is 7.71. The van der Waals surface area contributed by atoms with Crippen molar-refractivity contribution in [3.05, 3.63) is 64.8 Å². The minimum atomic E-state index is -4.50. The number of hydrogen-bond acceptors (Lipinski definition) is 4. The number of alkyl halides is 3. The van der Waals surface area contributed by atoms with Crippen LogP contribution >= 0.6 is 11.6 Å². The average molecular weight is 479 g/mol. The van der Waals surface area contributed by atoms with Crippen LogP contribution in [0.4, 0.5) is 23.8 Å². The van der Waals surface area contributed by atoms with E-state index in [9.17, 15) is 18.0 Å². The number of nitrogens with one attached hydrogen (secondary N) is 1. The first-order valence-electron chi connectivity index (χ1n) is 10.3. The van der Waals surface area contributed by atoms with Gasteiger partial charge in [-0.05, 0) is 40.6 Å². The van der Waals surface area contributed by atoms with Gasteiger partial charge in [0.1, 0.15) is 11.6 Å². The number of aromatic nitrogens is 1. The zero-order chi connectivity index (χ0) is 23.6. The molecule has 0 bridgehead atoms. The lowest BCUT2D eigenvalue weighted by Crippen LogP contribution is -2.52. The van der Waals surface area contributed by atoms with Crippen LogP contribution in [-0.2, 0) is 12.7 Å². The van der Waals surface area contributed by atoms with Gasteiger partial charge in [0.2, 0.25) is 0 Å². The normalized spacial score (nSPS) is 14.5. The quantitative estimate of drug-likeness (QED) is 0.576. The molecule has 2 amide bonds. The third-order valence-corrected chi connectivity index (χ3v) is 5.85. The van der Waals surface area contributed by atoms with Crippen LogP contribution in [0.2, 0.25) is 5.02 Å². The molecule has 1 fully saturated rings. The molecule has 1 aliphatic rings. The molecule has 1 saturated heterocycles. The van der Waals surface area contributed by atoms with Crippen LogP contribution < -0.4 is 15.0 Å². The Labute approximate surface area is 193 Å². The molecule has 0 radical (unpaired) electrons. The molecule has 2 aromatic carbocycles. The fraction of sp³-hybridized carbons (Fsp3) is 0.304. The maximum absolute atomic E-state index is 12.8. The summed E-state index contributed by atoms with van der Waals surface area (Å²) in [5, 5.41) is 4.97. The monoisotopic (exact) mass is 478 g/mol. The number of ether oxygens (including phenoxy) is 1. The molecule has 3 aromatic rings. The topological polar surface area (TPSA) is 57.7 Å². The van der Waals surface area contributed by atoms with E-state index >= 15 is 0 Å². The number of carbonyl (C=O) groups is 1. The number of pyridine rings is 1. The summed E-state index contributed by atoms with van der Waals surface area (Å²) >= 11 is 6.04. The number of amides is 2. The number of benzene rings is 2. The number of hydrogen-bond donors (Lipinski definition) is 1. The summed E-state index contributed by atoms with van der Waals surface area (Å²) in [6, 6.07) is 12.5. The minimum Gasteiger partial charge on any atom is -0.497 e. The Morgan fingerprint density at radius 1 is 1.09 bits per heavy atom. The van der Waals surface area contributed by atoms with Crippen LogP contribution in [0.5, 0.6) is 5.75 Å². The van der Waals surface area contributed by atoms with E-state index in [-0.39, 0.29) is 16.9 Å². The van der Waals surface area contributed by atoms with Gasteiger partial charge in [0.15, 0.2) is 0 Å². The van der Waals surface area contributed by atoms with E-state index in [2.05, 4.69) is 10.3 Å². The number of methoxy groups -OCH3 is 1. The molecule has 1 N–H and O–H groups in total. The minimum absolute atomic E-state index is 0.0587. The van der Waals surface area contributed by atoms with Crippen molar-refractivity contribution in [2.75, 3.05) is 38.2 Å². The first-order chi connectivity index (χ1) is 15.7. The number of anilines is 1. The van der Waals surface area contributed by atoms with Crippen LogP contribution in [0.15, 0.2) is 48.7 Å². The molecular formula is C23H22ClF3N4O2. The third-order valence-electron chi connectivity index (χ3n) is 5.57. The highest BCUT2D eigenvalue weighted by Gasteiger charge is 2.32. The zero-order valence-electron chi connectivity index (χ0n) is 17.8. The van der Waals surface area contributed by atoms with Crippen LogP contribution in [0.3, 0.4) is 0 Å². The first-order valence-corrected chi connectivity index (χ1v) is 10.7. The molecule has 10 heteroatoms. The lowest BCUT2D eigenvalue weighted by molar-refractivity contribution is -0.137. The van der Waals surface area contributed by atoms with Crippen molar-refractivity contribution in [2.24, 2.45) is 0 Å². The van der Waals surface area contributed by atoms with E-state index in [0.717, 1.165) is 34.3 Å². The van der Waals surface area contributed by atoms with E-state index in [4.69, 9.17) is 16.3 Å². The molecule has 0 unspecified atom stereocenters. The van der Waals surface area contributed by atoms with Gasteiger partial charge in [-0.2, -0.15) is 13.2 Å². The SMILES string of the molecule is COc1ccc2cc(CNC(=O)N3CCN(c4ncc(C(F)(F)F)cc4Cl)CC3)ccc2c1. The molecule has 33 heavy (non-hydrogen) atoms. The Balaban J connectivity index is 1.32. The highest BCUT2D eigenvalue weighted by molar-refractivity contribution is 6.33. The van der Waals surface area contributed by atoms with Crippen molar-refractivity contribution in [1.82, 2.24) is 15.2 Å². The van der Waals surface area contributed by atoms with Crippen molar-refractivity contribution in [1.29, 1.82) is 0 Å². The van der Waals surface area contributed by atoms with Gasteiger partial charge in [-0.15, -0.1) is 0 Å². The summed E-state index contributed by atoms with van der Waals surface area (Å²) in [7, 11) is 1.62. The number of fused-ring (bicyclic) bond motifs is 1. The Kier molecular flexibility index (Phi) is 6.51. The molecule has 0 spiro atoms. The van der Waals surface area contributed by atoms with Crippen LogP contribution in [0.1, 0.15) is 11.1 Å². The summed E-state index contributed by atoms with van der Waals surface area (Å²) in [5.74, 6) is 1.08. The number of carbonyl (C=O) groups excluding carboxylic acids is 1. The van der Waals surface area contributed by atoms with Gasteiger partial charge < -0.3 is 19.9 Å². The number of rotatable bonds is 4. The van der Waals surface area contributed by atoms with Gasteiger partial charge in [0.25, 0.3) is 0 Å². The molecule has 0 aliphatic carbocycles. The van der Waals surface area contributed by atoms with Gasteiger partial charge in [-0.3, -0.25) is 0 Å². The van der Waals surface area contributed by atoms with Gasteiger partial charge in [0.05, 0.1) is 17.7 Å². The summed E-state index contributed by atoms with van der Waals surface area (Å²) in [5.41, 5.74) is 0.0856. The standard InChI is InChI=1S/C23H22ClF3N4O2/c1-33-19-5-4-16-10-15(2-3-17(16)11-19)13-29-22(32)31-8-6-30(7-9-31)21-20(24)12-18(14-28-21)23(25,26)27/h2-5,10-12,14H,6-9,13H2,1H3,(H,29,32). The molecule has 1 aromatic heterocycles. The molecule has 1 aliphatic heterocycles. The number of nitrogens with zero attached hydrogens (tertiary/aromatic N) is 3. The molecule has 0 saturated carbocycles. The summed E-state index contributed by atoms with van der Waals surface area (Å²) in [4.78, 5) is 19.9. The maximum atomic E-state index is 12.8. The van der Waals surface area contributed by atoms with Crippen molar-refractivity contribution < 1.29 is 22.7 Å². The van der Waals surface area contributed by atoms with Crippen molar-refractivity contribution in [3.63, 3.8) is 0 Å². The largest absolute Gasteiger partial charge is 0.497 e. The Bertz CT molecular complexity index is 1160. The van der Waals surface area contributed by atoms with Crippen LogP contribution in [0, 0.1) is 0 Å². The van der Waals surface area contributed by atoms with Crippen LogP contribution in [-0.4, -0.2) is 49.2 Å². The Hall–Kier alpha value is -3.20. The predicted molar refractivity (Wildman–Crippen MR) is 121 cm³/mol. The second-order valence-corrected chi connectivity index (χ2v) is 8.11. The average Bonchev–Trinajstić information content (AvgIpc) is 2.81. The number of piperazine rings is 1. The highest BCUT2D eigenvalue weighted by atomic mass is 35.5. The van der Waals surface area contributed by atoms with E-state index in [1.165, 1.54) is 0 Å². The summed E-state index contributed by atoms with van der Waals surface area (Å²) < 4.78 is 43.7. The van der Waals surface area contributed by atoms with E-state index in [0.29, 0.717) is 32.7 Å². The first kappa shape index (κ1) is 23.0. The number of halogens is 4. The van der Waals surface area contributed by atoms with E-state index in [1.807, 2.05) is 36.4 Å². The van der Waals surface area contributed by atoms with Crippen molar-refractivity contribution in [2.45, 2.75) is 12.7 Å². The number of urea groups is 1. The predicted octanol–water partition coefficient (Wildman–Crippen LogP) is 4.95. The van der Waals surface area contributed by atoms with Crippen molar-refractivity contribution in [3.8, 4) is 5.75 Å². The molecule has 6 nitrogen and oxygen atoms in total. The molecule has 2 heterocycles. The van der Waals surface area contributed by atoms with Gasteiger partial charge in [0, 0.05) is 38.9 Å². The lowest BCUT2D eigenvalue weighted by atomic mass is 10.1. The van der Waals surface area contributed by atoms with Gasteiger partial charge in [-0.25, -0.2) is 9.78 Å². The smallest absolute Gasteiger partial charge is 0.417 e. The van der Waals surface area contributed by atoms with Gasteiger partial charge in [-0.1, -0.05) is 29.8 Å². The summed E-state index contributed by atoms with van der Waals surface area (Å²) in [6.07, 6.45) is -3.72. The fourth-order valence-corrected chi connectivity index (χ4v) is 4.03. The lowest BCUT2D eigenvalue weighted by Gasteiger charge is -2.35. The fourth-order valence-electron chi connectivity index (χ4n) is 3.74. The molecule has 174 valence electrons. The highest BCUT2D eigenvalue weighted by Crippen LogP contribution is 2.33. The second kappa shape index (κ2) is 9.35. The molecule has 0 atom stereocenters. The van der Waals surface area contributed by atoms with E-state index in [1.54, 1.807) is 16.9 Å². The Morgan fingerprint density at radius 3 is 2.45 bits per heavy atom. The maximum Gasteiger partial charge on any atom is 0.417 e. The van der Waals surface area contributed by atoms with Gasteiger partial charge >= 0.3 is 12.2 Å². The van der Waals surface area contributed by atoms with Crippen molar-refractivity contribution >= 4 is 34.2 Å². The summed E-state index contributed by atoms with van der Waals surface area (Å²) in [6.45, 7) is 2.03. The Morgan fingerprint density at radius 2 is 1.79 bits per heavy atom.